The van der Waals surface area contributed by atoms with E-state index in [1.165, 1.54) is 33.8 Å². The Bertz CT molecular complexity index is 1440. The van der Waals surface area contributed by atoms with Gasteiger partial charge in [0.15, 0.2) is 35.0 Å². The molecule has 0 aromatic heterocycles. The average Bonchev–Trinajstić information content (AvgIpc) is 2.97. The minimum atomic E-state index is -1.95. The Morgan fingerprint density at radius 3 is 1.98 bits per heavy atom. The number of phenolic OH excluding ortho intramolecular Hbond substituents is 6. The first kappa shape index (κ1) is 36.2. The summed E-state index contributed by atoms with van der Waals surface area (Å²) >= 11 is 0. The van der Waals surface area contributed by atoms with Crippen molar-refractivity contribution in [3.05, 3.63) is 47.5 Å². The van der Waals surface area contributed by atoms with Crippen LogP contribution in [0.25, 0.3) is 0 Å². The van der Waals surface area contributed by atoms with E-state index in [0.717, 1.165) is 18.2 Å². The molecule has 0 saturated carbocycles. The fraction of sp³-hybridized carbons (Fsp3) is 0.467. The molecule has 46 heavy (non-hydrogen) atoms. The third-order valence-corrected chi connectivity index (χ3v) is 7.25. The molecule has 6 atom stereocenters. The molecule has 16 heteroatoms. The lowest BCUT2D eigenvalue weighted by Gasteiger charge is -2.42. The van der Waals surface area contributed by atoms with Crippen LogP contribution in [0, 0.1) is 0 Å². The van der Waals surface area contributed by atoms with Crippen molar-refractivity contribution in [2.24, 2.45) is 0 Å². The maximum atomic E-state index is 13.1. The zero-order valence-electron chi connectivity index (χ0n) is 25.3. The molecule has 0 aliphatic carbocycles. The predicted molar refractivity (Wildman–Crippen MR) is 154 cm³/mol. The third-order valence-electron chi connectivity index (χ3n) is 7.25. The number of hydrogen-bond acceptors (Lipinski definition) is 16. The summed E-state index contributed by atoms with van der Waals surface area (Å²) in [5, 5.41) is 102. The summed E-state index contributed by atoms with van der Waals surface area (Å²) in [5.41, 5.74) is -4.20. The summed E-state index contributed by atoms with van der Waals surface area (Å²) in [4.78, 5) is 25.5. The fourth-order valence-electron chi connectivity index (χ4n) is 4.35. The van der Waals surface area contributed by atoms with Gasteiger partial charge in [-0.25, -0.2) is 9.59 Å². The van der Waals surface area contributed by atoms with Crippen LogP contribution >= 0.6 is 0 Å². The van der Waals surface area contributed by atoms with Crippen LogP contribution in [-0.4, -0.2) is 118 Å². The molecule has 2 aromatic carbocycles. The lowest BCUT2D eigenvalue weighted by atomic mass is 9.91. The van der Waals surface area contributed by atoms with Gasteiger partial charge in [0.1, 0.15) is 36.6 Å². The van der Waals surface area contributed by atoms with Crippen molar-refractivity contribution in [2.75, 3.05) is 6.61 Å². The Morgan fingerprint density at radius 2 is 1.43 bits per heavy atom. The molecule has 1 aliphatic rings. The van der Waals surface area contributed by atoms with Gasteiger partial charge in [0, 0.05) is 12.0 Å². The highest BCUT2D eigenvalue weighted by Crippen LogP contribution is 2.42. The molecule has 1 unspecified atom stereocenters. The number of aliphatic hydroxyl groups is 4. The molecular formula is C30H38O16. The van der Waals surface area contributed by atoms with Crippen LogP contribution in [0.4, 0.5) is 0 Å². The number of carbonyl (C=O) groups excluding carboxylic acids is 2. The van der Waals surface area contributed by atoms with Crippen molar-refractivity contribution in [1.82, 2.24) is 0 Å². The molecule has 0 amide bonds. The van der Waals surface area contributed by atoms with E-state index < -0.39 is 119 Å². The molecule has 0 radical (unpaired) electrons. The number of rotatable bonds is 11. The van der Waals surface area contributed by atoms with Gasteiger partial charge in [-0.05, 0) is 52.0 Å². The van der Waals surface area contributed by atoms with Crippen LogP contribution < -0.4 is 0 Å². The van der Waals surface area contributed by atoms with Crippen molar-refractivity contribution < 1.29 is 79.6 Å². The second-order valence-electron chi connectivity index (χ2n) is 11.8. The van der Waals surface area contributed by atoms with Crippen molar-refractivity contribution in [2.45, 2.75) is 82.1 Å². The van der Waals surface area contributed by atoms with Crippen molar-refractivity contribution in [3.8, 4) is 34.5 Å². The molecule has 1 heterocycles. The number of benzene rings is 2. The molecule has 16 nitrogen and oxygen atoms in total. The lowest BCUT2D eigenvalue weighted by Crippen LogP contribution is -2.61. The number of aliphatic hydroxyl groups excluding tert-OH is 3. The Labute approximate surface area is 262 Å². The van der Waals surface area contributed by atoms with E-state index in [2.05, 4.69) is 6.58 Å². The number of esters is 2. The smallest absolute Gasteiger partial charge is 0.339 e. The van der Waals surface area contributed by atoms with Crippen LogP contribution in [0.5, 0.6) is 34.5 Å². The van der Waals surface area contributed by atoms with E-state index in [4.69, 9.17) is 18.9 Å². The second kappa shape index (κ2) is 13.6. The molecule has 2 aromatic rings. The van der Waals surface area contributed by atoms with Gasteiger partial charge in [0.05, 0.1) is 22.8 Å². The fourth-order valence-corrected chi connectivity index (χ4v) is 4.35. The average molecular weight is 655 g/mol. The van der Waals surface area contributed by atoms with Crippen molar-refractivity contribution in [3.63, 3.8) is 0 Å². The Kier molecular flexibility index (Phi) is 10.7. The first-order chi connectivity index (χ1) is 21.2. The maximum Gasteiger partial charge on any atom is 0.339 e. The Morgan fingerprint density at radius 1 is 0.870 bits per heavy atom. The molecule has 10 N–H and O–H groups in total. The van der Waals surface area contributed by atoms with Gasteiger partial charge in [0.25, 0.3) is 0 Å². The summed E-state index contributed by atoms with van der Waals surface area (Å²) < 4.78 is 21.8. The van der Waals surface area contributed by atoms with Crippen LogP contribution in [0.2, 0.25) is 0 Å². The molecule has 1 fully saturated rings. The molecule has 3 rings (SSSR count). The topological polar surface area (TPSA) is 273 Å². The monoisotopic (exact) mass is 654 g/mol. The SMILES string of the molecule is C=CC(C)(C)OC(=O)c1cc(O)c(O)c(O)c1CC(O[C@@H]1O[C@H](COC(=O)c2cc(O)c(O)c(O)c2)[C@@H](O)[C@H](O)[C@H]1O)C(C)(C)O. The van der Waals surface area contributed by atoms with E-state index in [9.17, 15) is 60.7 Å². The Hall–Kier alpha value is -4.32. The van der Waals surface area contributed by atoms with Gasteiger partial charge in [0.2, 0.25) is 5.75 Å². The lowest BCUT2D eigenvalue weighted by molar-refractivity contribution is -0.321. The standard InChI is InChI=1S/C30H38O16/c1-6-29(2,3)46-27(41)14-9-17(33)22(36)20(34)13(14)10-19(30(4,5)42)45-28-25(39)24(38)23(37)18(44-28)11-43-26(40)12-7-15(31)21(35)16(32)8-12/h6-9,18-19,23-25,28,31-39,42H,1,10-11H2,2-5H3/t18-,19?,23-,24+,25-,28+/m1/s1. The third kappa shape index (κ3) is 7.90. The van der Waals surface area contributed by atoms with Crippen molar-refractivity contribution >= 4 is 11.9 Å². The van der Waals surface area contributed by atoms with Crippen LogP contribution in [-0.2, 0) is 25.4 Å². The number of hydrogen-bond donors (Lipinski definition) is 10. The summed E-state index contributed by atoms with van der Waals surface area (Å²) in [5.74, 6) is -7.50. The maximum absolute atomic E-state index is 13.1. The molecule has 254 valence electrons. The summed E-state index contributed by atoms with van der Waals surface area (Å²) in [6.45, 7) is 8.34. The predicted octanol–water partition coefficient (Wildman–Crippen LogP) is 0.405. The quantitative estimate of drug-likeness (QED) is 0.0892. The largest absolute Gasteiger partial charge is 0.504 e. The summed E-state index contributed by atoms with van der Waals surface area (Å²) in [6, 6.07) is 2.43. The summed E-state index contributed by atoms with van der Waals surface area (Å²) in [6.07, 6.45) is -9.87. The van der Waals surface area contributed by atoms with Gasteiger partial charge >= 0.3 is 11.9 Å². The van der Waals surface area contributed by atoms with Gasteiger partial charge in [-0.1, -0.05) is 6.58 Å². The molecular weight excluding hydrogens is 616 g/mol. The number of phenols is 6. The van der Waals surface area contributed by atoms with E-state index in [0.29, 0.717) is 0 Å². The normalized spacial score (nSPS) is 22.6. The number of carbonyl (C=O) groups is 2. The van der Waals surface area contributed by atoms with Crippen LogP contribution in [0.3, 0.4) is 0 Å². The zero-order valence-corrected chi connectivity index (χ0v) is 25.3. The molecule has 0 bridgehead atoms. The van der Waals surface area contributed by atoms with Gasteiger partial charge in [-0.15, -0.1) is 0 Å². The van der Waals surface area contributed by atoms with Gasteiger partial charge in [-0.2, -0.15) is 0 Å². The number of ether oxygens (including phenoxy) is 4. The zero-order chi connectivity index (χ0) is 34.9. The first-order valence-corrected chi connectivity index (χ1v) is 13.8. The molecule has 1 aliphatic heterocycles. The van der Waals surface area contributed by atoms with Crippen LogP contribution in [0.15, 0.2) is 30.9 Å². The van der Waals surface area contributed by atoms with Gasteiger partial charge < -0.3 is 70.0 Å². The highest BCUT2D eigenvalue weighted by Gasteiger charge is 2.47. The molecule has 0 spiro atoms. The highest BCUT2D eigenvalue weighted by molar-refractivity contribution is 5.94. The Balaban J connectivity index is 1.88. The minimum absolute atomic E-state index is 0.343. The first-order valence-electron chi connectivity index (χ1n) is 13.8. The van der Waals surface area contributed by atoms with Crippen LogP contribution in [0.1, 0.15) is 54.0 Å². The van der Waals surface area contributed by atoms with Crippen molar-refractivity contribution in [1.29, 1.82) is 0 Å². The second-order valence-corrected chi connectivity index (χ2v) is 11.8. The van der Waals surface area contributed by atoms with E-state index >= 15 is 0 Å². The summed E-state index contributed by atoms with van der Waals surface area (Å²) in [7, 11) is 0. The van der Waals surface area contributed by atoms with E-state index in [-0.39, 0.29) is 5.56 Å². The number of aromatic hydroxyl groups is 6. The van der Waals surface area contributed by atoms with Gasteiger partial charge in [-0.3, -0.25) is 0 Å². The minimum Gasteiger partial charge on any atom is -0.504 e. The molecule has 1 saturated heterocycles. The van der Waals surface area contributed by atoms with E-state index in [1.54, 1.807) is 0 Å². The highest BCUT2D eigenvalue weighted by atomic mass is 16.7. The van der Waals surface area contributed by atoms with E-state index in [1.807, 2.05) is 0 Å².